The third-order valence-corrected chi connectivity index (χ3v) is 2.85. The fourth-order valence-corrected chi connectivity index (χ4v) is 1.84. The average molecular weight is 249 g/mol. The molecule has 1 aromatic carbocycles. The van der Waals surface area contributed by atoms with Crippen LogP contribution in [-0.2, 0) is 0 Å². The summed E-state index contributed by atoms with van der Waals surface area (Å²) in [6, 6.07) is 6.65. The maximum absolute atomic E-state index is 12.2. The smallest absolute Gasteiger partial charge is 0.187 e. The average Bonchev–Trinajstić information content (AvgIpc) is 2.74. The van der Waals surface area contributed by atoms with Gasteiger partial charge in [0.05, 0.1) is 6.20 Å². The van der Waals surface area contributed by atoms with Gasteiger partial charge in [0, 0.05) is 16.8 Å². The van der Waals surface area contributed by atoms with E-state index in [1.165, 1.54) is 0 Å². The first-order chi connectivity index (χ1) is 8.08. The lowest BCUT2D eigenvalue weighted by Gasteiger charge is -2.11. The van der Waals surface area contributed by atoms with E-state index in [0.29, 0.717) is 10.6 Å². The third kappa shape index (κ3) is 2.56. The summed E-state index contributed by atoms with van der Waals surface area (Å²) >= 11 is 5.87. The van der Waals surface area contributed by atoms with Crippen molar-refractivity contribution in [3.63, 3.8) is 0 Å². The van der Waals surface area contributed by atoms with Crippen LogP contribution >= 0.6 is 11.6 Å². The van der Waals surface area contributed by atoms with E-state index in [4.69, 9.17) is 11.6 Å². The second-order valence-corrected chi connectivity index (χ2v) is 4.48. The van der Waals surface area contributed by atoms with Crippen LogP contribution in [-0.4, -0.2) is 15.6 Å². The van der Waals surface area contributed by atoms with Gasteiger partial charge in [-0.1, -0.05) is 23.7 Å². The molecule has 0 aliphatic rings. The number of halogens is 1. The molecule has 1 unspecified atom stereocenters. The number of hydrogen-bond donors (Lipinski definition) is 0. The lowest BCUT2D eigenvalue weighted by atomic mass is 10.1. The van der Waals surface area contributed by atoms with Crippen molar-refractivity contribution < 1.29 is 4.79 Å². The molecular weight excluding hydrogens is 236 g/mol. The van der Waals surface area contributed by atoms with Gasteiger partial charge in [0.1, 0.15) is 6.04 Å². The quantitative estimate of drug-likeness (QED) is 0.782. The van der Waals surface area contributed by atoms with E-state index in [9.17, 15) is 4.79 Å². The zero-order chi connectivity index (χ0) is 12.4. The van der Waals surface area contributed by atoms with E-state index in [-0.39, 0.29) is 11.8 Å². The summed E-state index contributed by atoms with van der Waals surface area (Å²) in [4.78, 5) is 12.2. The molecule has 3 nitrogen and oxygen atoms in total. The minimum atomic E-state index is -0.317. The van der Waals surface area contributed by atoms with E-state index in [1.807, 2.05) is 20.0 Å². The van der Waals surface area contributed by atoms with Gasteiger partial charge in [0.25, 0.3) is 0 Å². The number of aryl methyl sites for hydroxylation is 1. The first-order valence-corrected chi connectivity index (χ1v) is 5.76. The summed E-state index contributed by atoms with van der Waals surface area (Å²) < 4.78 is 1.67. The number of rotatable bonds is 3. The molecule has 0 N–H and O–H groups in total. The maximum atomic E-state index is 12.2. The molecule has 0 aliphatic carbocycles. The minimum absolute atomic E-state index is 0.00981. The van der Waals surface area contributed by atoms with Crippen LogP contribution in [0.3, 0.4) is 0 Å². The Balaban J connectivity index is 2.26. The highest BCUT2D eigenvalue weighted by Gasteiger charge is 2.17. The second kappa shape index (κ2) is 4.72. The Bertz CT molecular complexity index is 548. The summed E-state index contributed by atoms with van der Waals surface area (Å²) in [5.74, 6) is 0.00981. The highest BCUT2D eigenvalue weighted by atomic mass is 35.5. The normalized spacial score (nSPS) is 12.4. The third-order valence-electron chi connectivity index (χ3n) is 2.62. The molecule has 2 aromatic rings. The fraction of sp³-hybridized carbons (Fsp3) is 0.231. The number of carbonyl (C=O) groups is 1. The Labute approximate surface area is 105 Å². The van der Waals surface area contributed by atoms with Gasteiger partial charge in [0.2, 0.25) is 0 Å². The topological polar surface area (TPSA) is 34.9 Å². The highest BCUT2D eigenvalue weighted by Crippen LogP contribution is 2.17. The van der Waals surface area contributed by atoms with Crippen LogP contribution in [0.4, 0.5) is 0 Å². The summed E-state index contributed by atoms with van der Waals surface area (Å²) in [5, 5.41) is 4.72. The number of benzene rings is 1. The summed E-state index contributed by atoms with van der Waals surface area (Å²) in [7, 11) is 0. The van der Waals surface area contributed by atoms with E-state index >= 15 is 0 Å². The summed E-state index contributed by atoms with van der Waals surface area (Å²) in [5.41, 5.74) is 1.65. The molecule has 0 amide bonds. The molecule has 1 atom stereocenters. The van der Waals surface area contributed by atoms with Crippen molar-refractivity contribution in [3.8, 4) is 0 Å². The van der Waals surface area contributed by atoms with E-state index in [2.05, 4.69) is 5.10 Å². The number of nitrogens with zero attached hydrogens (tertiary/aromatic N) is 2. The Morgan fingerprint density at radius 2 is 2.24 bits per heavy atom. The summed E-state index contributed by atoms with van der Waals surface area (Å²) in [6.45, 7) is 3.77. The van der Waals surface area contributed by atoms with Crippen LogP contribution in [0.15, 0.2) is 36.7 Å². The van der Waals surface area contributed by atoms with Crippen LogP contribution < -0.4 is 0 Å². The Morgan fingerprint density at radius 1 is 1.47 bits per heavy atom. The number of hydrogen-bond acceptors (Lipinski definition) is 2. The molecule has 1 heterocycles. The Morgan fingerprint density at radius 3 is 2.82 bits per heavy atom. The molecule has 0 saturated heterocycles. The molecule has 0 bridgehead atoms. The lowest BCUT2D eigenvalue weighted by Crippen LogP contribution is -2.17. The first kappa shape index (κ1) is 11.9. The number of aromatic nitrogens is 2. The van der Waals surface area contributed by atoms with Gasteiger partial charge in [-0.3, -0.25) is 9.48 Å². The van der Waals surface area contributed by atoms with E-state index in [0.717, 1.165) is 5.56 Å². The van der Waals surface area contributed by atoms with Gasteiger partial charge in [-0.2, -0.15) is 5.10 Å². The lowest BCUT2D eigenvalue weighted by molar-refractivity contribution is 0.0928. The minimum Gasteiger partial charge on any atom is -0.292 e. The molecule has 0 radical (unpaired) electrons. The van der Waals surface area contributed by atoms with Crippen molar-refractivity contribution >= 4 is 17.4 Å². The molecule has 0 fully saturated rings. The van der Waals surface area contributed by atoms with Crippen molar-refractivity contribution in [1.29, 1.82) is 0 Å². The molecule has 1 aromatic heterocycles. The number of ketones is 1. The van der Waals surface area contributed by atoms with Crippen molar-refractivity contribution in [2.75, 3.05) is 0 Å². The first-order valence-electron chi connectivity index (χ1n) is 5.38. The van der Waals surface area contributed by atoms with E-state index in [1.54, 1.807) is 35.1 Å². The van der Waals surface area contributed by atoms with E-state index < -0.39 is 0 Å². The monoisotopic (exact) mass is 248 g/mol. The molecule has 4 heteroatoms. The van der Waals surface area contributed by atoms with Crippen LogP contribution in [0.5, 0.6) is 0 Å². The van der Waals surface area contributed by atoms with Crippen LogP contribution in [0, 0.1) is 6.92 Å². The van der Waals surface area contributed by atoms with Crippen molar-refractivity contribution in [3.05, 3.63) is 52.8 Å². The Hall–Kier alpha value is -1.61. The standard InChI is InChI=1S/C13H13ClN2O/c1-9-7-15-16(8-9)10(2)13(17)11-4-3-5-12(14)6-11/h3-8,10H,1-2H3. The molecule has 88 valence electrons. The highest BCUT2D eigenvalue weighted by molar-refractivity contribution is 6.31. The van der Waals surface area contributed by atoms with Gasteiger partial charge >= 0.3 is 0 Å². The molecule has 0 saturated carbocycles. The van der Waals surface area contributed by atoms with Gasteiger partial charge in [-0.15, -0.1) is 0 Å². The van der Waals surface area contributed by atoms with Crippen molar-refractivity contribution in [1.82, 2.24) is 9.78 Å². The fourth-order valence-electron chi connectivity index (χ4n) is 1.65. The zero-order valence-corrected chi connectivity index (χ0v) is 10.5. The molecule has 0 aliphatic heterocycles. The molecule has 17 heavy (non-hydrogen) atoms. The number of Topliss-reactive ketones (excluding diaryl/α,β-unsaturated/α-hetero) is 1. The van der Waals surface area contributed by atoms with Crippen molar-refractivity contribution in [2.24, 2.45) is 0 Å². The predicted octanol–water partition coefficient (Wildman–Crippen LogP) is 3.29. The predicted molar refractivity (Wildman–Crippen MR) is 67.5 cm³/mol. The van der Waals surface area contributed by atoms with Gasteiger partial charge in [-0.05, 0) is 31.5 Å². The van der Waals surface area contributed by atoms with Gasteiger partial charge in [-0.25, -0.2) is 0 Å². The molecular formula is C13H13ClN2O. The largest absolute Gasteiger partial charge is 0.292 e. The zero-order valence-electron chi connectivity index (χ0n) is 9.72. The number of carbonyl (C=O) groups excluding carboxylic acids is 1. The maximum Gasteiger partial charge on any atom is 0.187 e. The van der Waals surface area contributed by atoms with Crippen molar-refractivity contribution in [2.45, 2.75) is 19.9 Å². The molecule has 2 rings (SSSR count). The van der Waals surface area contributed by atoms with Gasteiger partial charge < -0.3 is 0 Å². The Kier molecular flexibility index (Phi) is 3.29. The van der Waals surface area contributed by atoms with Crippen LogP contribution in [0.25, 0.3) is 0 Å². The second-order valence-electron chi connectivity index (χ2n) is 4.05. The molecule has 0 spiro atoms. The van der Waals surface area contributed by atoms with Gasteiger partial charge in [0.15, 0.2) is 5.78 Å². The summed E-state index contributed by atoms with van der Waals surface area (Å²) in [6.07, 6.45) is 3.59. The SMILES string of the molecule is Cc1cnn(C(C)C(=O)c2cccc(Cl)c2)c1. The van der Waals surface area contributed by atoms with Crippen LogP contribution in [0.1, 0.15) is 28.9 Å². The van der Waals surface area contributed by atoms with Crippen LogP contribution in [0.2, 0.25) is 5.02 Å².